The molecule has 0 aromatic heterocycles. The number of carbonyl (C=O) groups is 3. The summed E-state index contributed by atoms with van der Waals surface area (Å²) in [6, 6.07) is 0. The van der Waals surface area contributed by atoms with Crippen LogP contribution in [0.2, 0.25) is 0 Å². The van der Waals surface area contributed by atoms with E-state index in [0.717, 1.165) is 24.8 Å². The molecule has 0 amide bonds. The Morgan fingerprint density at radius 1 is 0.900 bits per heavy atom. The van der Waals surface area contributed by atoms with E-state index in [0.29, 0.717) is 25.7 Å². The predicted octanol–water partition coefficient (Wildman–Crippen LogP) is 4.56. The van der Waals surface area contributed by atoms with E-state index in [1.807, 2.05) is 13.8 Å². The van der Waals surface area contributed by atoms with Crippen LogP contribution in [0.5, 0.6) is 0 Å². The van der Waals surface area contributed by atoms with E-state index in [-0.39, 0.29) is 67.2 Å². The maximum Gasteiger partial charge on any atom is 1.00 e. The molecule has 4 N–H and O–H groups in total. The van der Waals surface area contributed by atoms with Crippen molar-refractivity contribution in [3.63, 3.8) is 0 Å². The molecule has 3 fully saturated rings. The number of esters is 1. The van der Waals surface area contributed by atoms with E-state index >= 15 is 0 Å². The Labute approximate surface area is 325 Å². The minimum atomic E-state index is -1.74. The van der Waals surface area contributed by atoms with Crippen LogP contribution >= 0.6 is 0 Å². The maximum absolute atomic E-state index is 13.8. The van der Waals surface area contributed by atoms with Crippen molar-refractivity contribution in [2.45, 2.75) is 180 Å². The molecule has 4 rings (SSSR count). The molecule has 4 aliphatic carbocycles. The Morgan fingerprint density at radius 3 is 1.98 bits per heavy atom. The standard InChI is InChI=1S/C41H66O8.Na.H/c1-4-5-6-7-8-9-10-11-12-13-14-15-16-17-18-19-20-33(44)38(47)41(48)24-23-32-31-22-21-29-25-30(43)26-35(49-36(46)28-42)40(29,3)37(31)34(45)27-39(32,41)2;;/h25-26,31-34,37,42,44-45,48H,4-24,27-28H2,1-3H3;;/q;+1;-1/t31-,32-,33?,34-,37+,39-,40+,41-;;/m0../s1. The fraction of sp³-hybridized carbons (Fsp3) is 0.829. The molecule has 0 radical (unpaired) electrons. The van der Waals surface area contributed by atoms with Gasteiger partial charge in [-0.25, -0.2) is 4.79 Å². The average Bonchev–Trinajstić information content (AvgIpc) is 3.34. The molecule has 8 nitrogen and oxygen atoms in total. The van der Waals surface area contributed by atoms with Crippen molar-refractivity contribution >= 4 is 17.5 Å². The Morgan fingerprint density at radius 2 is 1.44 bits per heavy atom. The Kier molecular flexibility index (Phi) is 17.4. The molecule has 0 aromatic carbocycles. The smallest absolute Gasteiger partial charge is 1.00 e. The van der Waals surface area contributed by atoms with Gasteiger partial charge in [0.05, 0.1) is 11.5 Å². The topological polar surface area (TPSA) is 141 Å². The zero-order valence-electron chi connectivity index (χ0n) is 32.7. The second-order valence-corrected chi connectivity index (χ2v) is 16.3. The van der Waals surface area contributed by atoms with Crippen LogP contribution in [0.4, 0.5) is 0 Å². The van der Waals surface area contributed by atoms with Gasteiger partial charge in [-0.3, -0.25) is 9.59 Å². The van der Waals surface area contributed by atoms with Crippen molar-refractivity contribution in [2.75, 3.05) is 6.61 Å². The molecule has 0 aromatic rings. The minimum absolute atomic E-state index is 0. The molecule has 0 spiro atoms. The van der Waals surface area contributed by atoms with Crippen molar-refractivity contribution in [2.24, 2.45) is 28.6 Å². The van der Waals surface area contributed by atoms with Gasteiger partial charge in [0, 0.05) is 17.4 Å². The van der Waals surface area contributed by atoms with E-state index in [1.54, 1.807) is 6.08 Å². The molecule has 3 saturated carbocycles. The zero-order chi connectivity index (χ0) is 35.7. The van der Waals surface area contributed by atoms with Crippen LogP contribution in [0.25, 0.3) is 0 Å². The first-order valence-corrected chi connectivity index (χ1v) is 19.9. The number of ether oxygens (including phenoxy) is 1. The summed E-state index contributed by atoms with van der Waals surface area (Å²) in [6.07, 6.45) is 23.3. The van der Waals surface area contributed by atoms with Crippen molar-refractivity contribution in [1.82, 2.24) is 0 Å². The van der Waals surface area contributed by atoms with Crippen LogP contribution in [-0.2, 0) is 19.1 Å². The van der Waals surface area contributed by atoms with Crippen LogP contribution in [0.3, 0.4) is 0 Å². The summed E-state index contributed by atoms with van der Waals surface area (Å²) in [5.41, 5.74) is -2.80. The van der Waals surface area contributed by atoms with Gasteiger partial charge < -0.3 is 26.6 Å². The molecule has 9 heteroatoms. The molecule has 280 valence electrons. The molecule has 50 heavy (non-hydrogen) atoms. The van der Waals surface area contributed by atoms with Gasteiger partial charge in [0.15, 0.2) is 11.6 Å². The number of unbranched alkanes of at least 4 members (excludes halogenated alkanes) is 15. The van der Waals surface area contributed by atoms with Gasteiger partial charge in [0.1, 0.15) is 24.1 Å². The Balaban J connectivity index is 0.00000451. The minimum Gasteiger partial charge on any atom is -1.00 e. The van der Waals surface area contributed by atoms with E-state index < -0.39 is 52.9 Å². The van der Waals surface area contributed by atoms with Crippen LogP contribution in [0.15, 0.2) is 23.5 Å². The maximum atomic E-state index is 13.8. The molecule has 0 heterocycles. The largest absolute Gasteiger partial charge is 1.00 e. The van der Waals surface area contributed by atoms with Crippen LogP contribution in [0.1, 0.15) is 163 Å². The zero-order valence-corrected chi connectivity index (χ0v) is 33.7. The molecule has 0 aliphatic heterocycles. The molecule has 1 unspecified atom stereocenters. The number of Topliss-reactive ketones (excluding diaryl/α,β-unsaturated/α-hetero) is 1. The molecule has 0 saturated heterocycles. The summed E-state index contributed by atoms with van der Waals surface area (Å²) in [5.74, 6) is -2.12. The number of fused-ring (bicyclic) bond motifs is 5. The first-order chi connectivity index (χ1) is 23.4. The first kappa shape index (κ1) is 43.5. The molecular weight excluding hydrogens is 643 g/mol. The molecule has 4 aliphatic rings. The number of aliphatic hydroxyl groups excluding tert-OH is 3. The number of allylic oxidation sites excluding steroid dienone is 3. The SMILES string of the molecule is CCCCCCCCCCCCCCCCCCC(O)C(=O)[C@@]1(O)CC[C@H]2[C@@H]3CCC4=CC(=O)C=C(OC(=O)CO)[C@]4(C)[C@H]3[C@@H](O)C[C@@]21C.[H-].[Na+]. The molecular formula is C41H67NaO8. The quantitative estimate of drug-likeness (QED) is 0.0773. The van der Waals surface area contributed by atoms with Gasteiger partial charge in [0.2, 0.25) is 0 Å². The summed E-state index contributed by atoms with van der Waals surface area (Å²) in [6.45, 7) is 5.22. The van der Waals surface area contributed by atoms with Crippen molar-refractivity contribution < 1.29 is 70.5 Å². The summed E-state index contributed by atoms with van der Waals surface area (Å²) in [7, 11) is 0. The number of hydrogen-bond donors (Lipinski definition) is 4. The first-order valence-electron chi connectivity index (χ1n) is 19.9. The van der Waals surface area contributed by atoms with Crippen LogP contribution in [0, 0.1) is 28.6 Å². The fourth-order valence-electron chi connectivity index (χ4n) is 10.4. The third kappa shape index (κ3) is 9.62. The van der Waals surface area contributed by atoms with E-state index in [1.165, 1.54) is 89.5 Å². The van der Waals surface area contributed by atoms with Crippen LogP contribution < -0.4 is 29.6 Å². The molecule has 0 bridgehead atoms. The average molecular weight is 711 g/mol. The van der Waals surface area contributed by atoms with Gasteiger partial charge in [-0.05, 0) is 63.4 Å². The number of aliphatic hydroxyl groups is 4. The third-order valence-corrected chi connectivity index (χ3v) is 13.2. The molecule has 8 atom stereocenters. The monoisotopic (exact) mass is 710 g/mol. The van der Waals surface area contributed by atoms with Crippen molar-refractivity contribution in [1.29, 1.82) is 0 Å². The van der Waals surface area contributed by atoms with E-state index in [4.69, 9.17) is 4.74 Å². The van der Waals surface area contributed by atoms with Crippen molar-refractivity contribution in [3.8, 4) is 0 Å². The number of hydrogen-bond acceptors (Lipinski definition) is 8. The number of ketones is 2. The number of rotatable bonds is 21. The summed E-state index contributed by atoms with van der Waals surface area (Å²) in [4.78, 5) is 38.4. The summed E-state index contributed by atoms with van der Waals surface area (Å²) in [5, 5.41) is 44.3. The van der Waals surface area contributed by atoms with Gasteiger partial charge in [0.25, 0.3) is 0 Å². The van der Waals surface area contributed by atoms with Gasteiger partial charge in [-0.1, -0.05) is 122 Å². The normalized spacial score (nSPS) is 32.2. The number of carbonyl (C=O) groups excluding carboxylic acids is 3. The second kappa shape index (κ2) is 20.0. The summed E-state index contributed by atoms with van der Waals surface area (Å²) >= 11 is 0. The van der Waals surface area contributed by atoms with Gasteiger partial charge in [-0.15, -0.1) is 0 Å². The Hall–Kier alpha value is -0.870. The summed E-state index contributed by atoms with van der Waals surface area (Å²) < 4.78 is 5.50. The fourth-order valence-corrected chi connectivity index (χ4v) is 10.4. The second-order valence-electron chi connectivity index (χ2n) is 16.3. The van der Waals surface area contributed by atoms with Gasteiger partial charge in [-0.2, -0.15) is 0 Å². The van der Waals surface area contributed by atoms with E-state index in [9.17, 15) is 34.8 Å². The third-order valence-electron chi connectivity index (χ3n) is 13.2. The van der Waals surface area contributed by atoms with E-state index in [2.05, 4.69) is 6.92 Å². The predicted molar refractivity (Wildman–Crippen MR) is 191 cm³/mol. The van der Waals surface area contributed by atoms with Crippen LogP contribution in [-0.4, -0.2) is 62.4 Å². The Bertz CT molecular complexity index is 1210. The van der Waals surface area contributed by atoms with Gasteiger partial charge >= 0.3 is 35.5 Å². The van der Waals surface area contributed by atoms with Crippen molar-refractivity contribution in [3.05, 3.63) is 23.5 Å².